The number of primary amides is 1. The molecule has 0 aliphatic carbocycles. The summed E-state index contributed by atoms with van der Waals surface area (Å²) in [4.78, 5) is 60.5. The Bertz CT molecular complexity index is 813. The molecule has 11 heteroatoms. The molecule has 1 aromatic carbocycles. The lowest BCUT2D eigenvalue weighted by molar-refractivity contribution is -0.162. The van der Waals surface area contributed by atoms with Gasteiger partial charge in [-0.15, -0.1) is 0 Å². The first-order chi connectivity index (χ1) is 14.5. The molecule has 170 valence electrons. The van der Waals surface area contributed by atoms with E-state index in [1.54, 1.807) is 0 Å². The number of ether oxygens (including phenoxy) is 2. The van der Waals surface area contributed by atoms with Gasteiger partial charge in [0.05, 0.1) is 14.2 Å². The maximum Gasteiger partial charge on any atom is 0.320 e. The van der Waals surface area contributed by atoms with Crippen LogP contribution in [-0.2, 0) is 39.9 Å². The molecule has 3 amide bonds. The maximum atomic E-state index is 13.1. The molecule has 0 unspecified atom stereocenters. The fourth-order valence-corrected chi connectivity index (χ4v) is 3.00. The zero-order valence-corrected chi connectivity index (χ0v) is 17.6. The number of halogens is 1. The second-order valence-corrected chi connectivity index (χ2v) is 6.86. The highest BCUT2D eigenvalue weighted by Crippen LogP contribution is 2.20. The van der Waals surface area contributed by atoms with Crippen LogP contribution in [0.25, 0.3) is 0 Å². The van der Waals surface area contributed by atoms with E-state index in [-0.39, 0.29) is 6.42 Å². The van der Waals surface area contributed by atoms with Gasteiger partial charge in [0.25, 0.3) is 0 Å². The lowest BCUT2D eigenvalue weighted by Crippen LogP contribution is -2.57. The molecule has 0 saturated carbocycles. The van der Waals surface area contributed by atoms with Gasteiger partial charge in [-0.05, 0) is 17.7 Å². The van der Waals surface area contributed by atoms with Gasteiger partial charge >= 0.3 is 11.9 Å². The van der Waals surface area contributed by atoms with E-state index in [9.17, 15) is 28.4 Å². The smallest absolute Gasteiger partial charge is 0.320 e. The van der Waals surface area contributed by atoms with Gasteiger partial charge in [0.1, 0.15) is 17.9 Å². The number of carbonyl (C=O) groups is 5. The number of methoxy groups -OCH3 is 2. The molecule has 4 N–H and O–H groups in total. The van der Waals surface area contributed by atoms with Crippen molar-refractivity contribution in [2.24, 2.45) is 17.6 Å². The largest absolute Gasteiger partial charge is 0.468 e. The van der Waals surface area contributed by atoms with Crippen LogP contribution in [0.3, 0.4) is 0 Å². The van der Waals surface area contributed by atoms with Crippen LogP contribution in [0.2, 0.25) is 0 Å². The SMILES string of the molecule is COC(=O)C(C(=O)OC)[C@@H](C)[C@H](NC(=O)[C@H](Cc1ccc(F)cc1)NC(C)=O)C(N)=O. The Morgan fingerprint density at radius 3 is 1.94 bits per heavy atom. The number of amides is 3. The van der Waals surface area contributed by atoms with Crippen molar-refractivity contribution in [1.29, 1.82) is 0 Å². The molecule has 0 fully saturated rings. The van der Waals surface area contributed by atoms with Gasteiger partial charge in [0.15, 0.2) is 5.92 Å². The zero-order chi connectivity index (χ0) is 23.7. The molecule has 0 radical (unpaired) electrons. The van der Waals surface area contributed by atoms with Gasteiger partial charge in [-0.1, -0.05) is 19.1 Å². The molecule has 0 spiro atoms. The molecule has 0 bridgehead atoms. The minimum Gasteiger partial charge on any atom is -0.468 e. The number of esters is 2. The molecule has 1 aromatic rings. The third kappa shape index (κ3) is 7.36. The van der Waals surface area contributed by atoms with Gasteiger partial charge in [-0.2, -0.15) is 0 Å². The van der Waals surface area contributed by atoms with Gasteiger partial charge in [0, 0.05) is 19.3 Å². The summed E-state index contributed by atoms with van der Waals surface area (Å²) in [6.07, 6.45) is -0.0109. The third-order valence-electron chi connectivity index (χ3n) is 4.61. The molecule has 0 aliphatic heterocycles. The Balaban J connectivity index is 3.12. The van der Waals surface area contributed by atoms with Crippen LogP contribution in [0.1, 0.15) is 19.4 Å². The number of nitrogens with two attached hydrogens (primary N) is 1. The van der Waals surface area contributed by atoms with Crippen molar-refractivity contribution >= 4 is 29.7 Å². The van der Waals surface area contributed by atoms with Crippen LogP contribution in [0, 0.1) is 17.7 Å². The van der Waals surface area contributed by atoms with Gasteiger partial charge in [-0.3, -0.25) is 24.0 Å². The van der Waals surface area contributed by atoms with Crippen LogP contribution < -0.4 is 16.4 Å². The first-order valence-corrected chi connectivity index (χ1v) is 9.28. The Labute approximate surface area is 178 Å². The minimum absolute atomic E-state index is 0.0109. The predicted molar refractivity (Wildman–Crippen MR) is 106 cm³/mol. The van der Waals surface area contributed by atoms with Crippen molar-refractivity contribution in [3.8, 4) is 0 Å². The van der Waals surface area contributed by atoms with E-state index in [0.717, 1.165) is 14.2 Å². The van der Waals surface area contributed by atoms with E-state index in [4.69, 9.17) is 5.73 Å². The lowest BCUT2D eigenvalue weighted by atomic mass is 9.86. The number of nitrogens with one attached hydrogen (secondary N) is 2. The fraction of sp³-hybridized carbons (Fsp3) is 0.450. The van der Waals surface area contributed by atoms with E-state index in [1.807, 2.05) is 0 Å². The van der Waals surface area contributed by atoms with E-state index in [2.05, 4.69) is 20.1 Å². The van der Waals surface area contributed by atoms with E-state index >= 15 is 0 Å². The summed E-state index contributed by atoms with van der Waals surface area (Å²) in [5, 5.41) is 4.82. The summed E-state index contributed by atoms with van der Waals surface area (Å²) in [6, 6.07) is 2.69. The van der Waals surface area contributed by atoms with Crippen LogP contribution in [0.5, 0.6) is 0 Å². The third-order valence-corrected chi connectivity index (χ3v) is 4.61. The average Bonchev–Trinajstić information content (AvgIpc) is 2.71. The van der Waals surface area contributed by atoms with E-state index in [0.29, 0.717) is 5.56 Å². The van der Waals surface area contributed by atoms with E-state index in [1.165, 1.54) is 38.1 Å². The summed E-state index contributed by atoms with van der Waals surface area (Å²) >= 11 is 0. The number of rotatable bonds is 10. The molecule has 0 aliphatic rings. The summed E-state index contributed by atoms with van der Waals surface area (Å²) in [5.41, 5.74) is 5.93. The van der Waals surface area contributed by atoms with Crippen molar-refractivity contribution in [1.82, 2.24) is 10.6 Å². The highest BCUT2D eigenvalue weighted by molar-refractivity contribution is 5.97. The normalized spacial score (nSPS) is 13.5. The molecule has 3 atom stereocenters. The molecule has 31 heavy (non-hydrogen) atoms. The highest BCUT2D eigenvalue weighted by Gasteiger charge is 2.41. The molecule has 10 nitrogen and oxygen atoms in total. The zero-order valence-electron chi connectivity index (χ0n) is 17.6. The summed E-state index contributed by atoms with van der Waals surface area (Å²) in [7, 11) is 2.11. The molecule has 0 saturated heterocycles. The first-order valence-electron chi connectivity index (χ1n) is 9.28. The number of hydrogen-bond donors (Lipinski definition) is 3. The summed E-state index contributed by atoms with van der Waals surface area (Å²) in [6.45, 7) is 2.55. The standard InChI is InChI=1S/C20H26FN3O7/c1-10(15(19(28)30-3)20(29)31-4)16(17(22)26)24-18(27)14(23-11(2)25)9-12-5-7-13(21)8-6-12/h5-8,10,14-16H,9H2,1-4H3,(H2,22,26)(H,23,25)(H,24,27)/t10-,14+,16+/m1/s1. The average molecular weight is 439 g/mol. The molecule has 0 heterocycles. The van der Waals surface area contributed by atoms with Crippen LogP contribution in [0.15, 0.2) is 24.3 Å². The Kier molecular flexibility index (Phi) is 9.58. The van der Waals surface area contributed by atoms with Crippen LogP contribution in [-0.4, -0.2) is 56.0 Å². The van der Waals surface area contributed by atoms with Crippen molar-refractivity contribution in [3.05, 3.63) is 35.6 Å². The second-order valence-electron chi connectivity index (χ2n) is 6.86. The second kappa shape index (κ2) is 11.6. The highest BCUT2D eigenvalue weighted by atomic mass is 19.1. The first kappa shape index (κ1) is 25.5. The van der Waals surface area contributed by atoms with E-state index < -0.39 is 59.4 Å². The Morgan fingerprint density at radius 2 is 1.52 bits per heavy atom. The summed E-state index contributed by atoms with van der Waals surface area (Å²) in [5.74, 6) is -7.37. The number of benzene rings is 1. The predicted octanol–water partition coefficient (Wildman–Crippen LogP) is -0.559. The van der Waals surface area contributed by atoms with Crippen LogP contribution >= 0.6 is 0 Å². The monoisotopic (exact) mass is 439 g/mol. The lowest BCUT2D eigenvalue weighted by Gasteiger charge is -2.28. The number of hydrogen-bond acceptors (Lipinski definition) is 7. The van der Waals surface area contributed by atoms with Crippen molar-refractivity contribution in [2.75, 3.05) is 14.2 Å². The van der Waals surface area contributed by atoms with Crippen LogP contribution in [0.4, 0.5) is 4.39 Å². The van der Waals surface area contributed by atoms with Crippen molar-refractivity contribution < 1.29 is 37.8 Å². The topological polar surface area (TPSA) is 154 Å². The van der Waals surface area contributed by atoms with Gasteiger partial charge in [0.2, 0.25) is 17.7 Å². The number of carbonyl (C=O) groups excluding carboxylic acids is 5. The minimum atomic E-state index is -1.52. The quantitative estimate of drug-likeness (QED) is 0.326. The fourth-order valence-electron chi connectivity index (χ4n) is 3.00. The Morgan fingerprint density at radius 1 is 1.00 bits per heavy atom. The van der Waals surface area contributed by atoms with Crippen molar-refractivity contribution in [2.45, 2.75) is 32.4 Å². The molecular weight excluding hydrogens is 413 g/mol. The van der Waals surface area contributed by atoms with Crippen molar-refractivity contribution in [3.63, 3.8) is 0 Å². The maximum absolute atomic E-state index is 13.1. The molecule has 0 aromatic heterocycles. The van der Waals surface area contributed by atoms with Gasteiger partial charge in [-0.25, -0.2) is 4.39 Å². The summed E-state index contributed by atoms with van der Waals surface area (Å²) < 4.78 is 22.3. The van der Waals surface area contributed by atoms with Gasteiger partial charge < -0.3 is 25.8 Å². The molecule has 1 rings (SSSR count). The Hall–Kier alpha value is -3.50. The molecular formula is C20H26FN3O7.